The van der Waals surface area contributed by atoms with Crippen LogP contribution in [0.4, 0.5) is 0 Å². The van der Waals surface area contributed by atoms with Crippen LogP contribution >= 0.6 is 23.4 Å². The quantitative estimate of drug-likeness (QED) is 0.764. The molecule has 1 amide bonds. The fourth-order valence-electron chi connectivity index (χ4n) is 2.31. The molecule has 1 heterocycles. The number of amides is 1. The number of rotatable bonds is 6. The predicted molar refractivity (Wildman–Crippen MR) is 89.0 cm³/mol. The van der Waals surface area contributed by atoms with Crippen molar-refractivity contribution in [3.8, 4) is 0 Å². The lowest BCUT2D eigenvalue weighted by atomic mass is 10.1. The minimum absolute atomic E-state index is 0.00993. The number of halogens is 1. The molecule has 0 spiro atoms. The Morgan fingerprint density at radius 1 is 1.52 bits per heavy atom. The van der Waals surface area contributed by atoms with Crippen LogP contribution in [0.3, 0.4) is 0 Å². The second-order valence-electron chi connectivity index (χ2n) is 4.99. The molecule has 2 atom stereocenters. The van der Waals surface area contributed by atoms with Gasteiger partial charge in [0.05, 0.1) is 13.0 Å². The Hall–Kier alpha value is -1.17. The minimum atomic E-state index is -0.0721. The van der Waals surface area contributed by atoms with Crippen molar-refractivity contribution in [1.29, 1.82) is 0 Å². The van der Waals surface area contributed by atoms with E-state index in [0.717, 1.165) is 16.5 Å². The molecule has 4 nitrogen and oxygen atoms in total. The van der Waals surface area contributed by atoms with Gasteiger partial charge in [0.25, 0.3) is 0 Å². The van der Waals surface area contributed by atoms with Crippen molar-refractivity contribution in [2.75, 3.05) is 12.9 Å². The van der Waals surface area contributed by atoms with Crippen LogP contribution in [-0.2, 0) is 11.2 Å². The number of aliphatic hydroxyl groups excluding tert-OH is 1. The first-order valence-corrected chi connectivity index (χ1v) is 8.40. The third-order valence-corrected chi connectivity index (χ3v) is 4.91. The number of hydrogen-bond acceptors (Lipinski definition) is 3. The smallest absolute Gasteiger partial charge is 0.224 e. The van der Waals surface area contributed by atoms with E-state index in [1.807, 2.05) is 37.6 Å². The van der Waals surface area contributed by atoms with Crippen molar-refractivity contribution < 1.29 is 9.90 Å². The summed E-state index contributed by atoms with van der Waals surface area (Å²) in [4.78, 5) is 15.3. The summed E-state index contributed by atoms with van der Waals surface area (Å²) < 4.78 is 0. The van der Waals surface area contributed by atoms with Gasteiger partial charge in [0, 0.05) is 33.4 Å². The summed E-state index contributed by atoms with van der Waals surface area (Å²) in [7, 11) is 0. The summed E-state index contributed by atoms with van der Waals surface area (Å²) in [5.74, 6) is -0.0501. The average Bonchev–Trinajstić information content (AvgIpc) is 2.82. The number of H-pyrrole nitrogens is 1. The van der Waals surface area contributed by atoms with Crippen LogP contribution in [0.1, 0.15) is 12.5 Å². The van der Waals surface area contributed by atoms with E-state index in [2.05, 4.69) is 10.3 Å². The van der Waals surface area contributed by atoms with Crippen LogP contribution in [-0.4, -0.2) is 40.2 Å². The van der Waals surface area contributed by atoms with Crippen LogP contribution < -0.4 is 5.32 Å². The summed E-state index contributed by atoms with van der Waals surface area (Å²) in [6, 6.07) is 5.50. The lowest BCUT2D eigenvalue weighted by molar-refractivity contribution is -0.121. The Bertz CT molecular complexity index is 625. The zero-order valence-electron chi connectivity index (χ0n) is 12.0. The Morgan fingerprint density at radius 3 is 2.95 bits per heavy atom. The number of carbonyl (C=O) groups is 1. The number of hydrogen-bond donors (Lipinski definition) is 3. The molecular formula is C15H19ClN2O2S. The molecule has 1 aromatic carbocycles. The third kappa shape index (κ3) is 3.93. The first-order chi connectivity index (χ1) is 10.0. The Balaban J connectivity index is 2.04. The highest BCUT2D eigenvalue weighted by Crippen LogP contribution is 2.22. The summed E-state index contributed by atoms with van der Waals surface area (Å²) in [5, 5.41) is 13.9. The Morgan fingerprint density at radius 2 is 2.29 bits per heavy atom. The van der Waals surface area contributed by atoms with Gasteiger partial charge in [0.1, 0.15) is 0 Å². The number of carbonyl (C=O) groups excluding carboxylic acids is 1. The van der Waals surface area contributed by atoms with E-state index < -0.39 is 0 Å². The molecule has 2 unspecified atom stereocenters. The van der Waals surface area contributed by atoms with Gasteiger partial charge in [-0.1, -0.05) is 17.7 Å². The maximum absolute atomic E-state index is 12.1. The summed E-state index contributed by atoms with van der Waals surface area (Å²) in [5.41, 5.74) is 1.87. The second kappa shape index (κ2) is 7.20. The average molecular weight is 327 g/mol. The molecule has 0 bridgehead atoms. The topological polar surface area (TPSA) is 65.1 Å². The molecule has 0 saturated carbocycles. The van der Waals surface area contributed by atoms with Gasteiger partial charge < -0.3 is 15.4 Å². The maximum Gasteiger partial charge on any atom is 0.224 e. The van der Waals surface area contributed by atoms with Gasteiger partial charge in [-0.25, -0.2) is 0 Å². The first kappa shape index (κ1) is 16.2. The molecule has 0 fully saturated rings. The number of thioether (sulfide) groups is 1. The number of aromatic amines is 1. The highest BCUT2D eigenvalue weighted by atomic mass is 35.5. The molecule has 3 N–H and O–H groups in total. The van der Waals surface area contributed by atoms with Crippen molar-refractivity contribution in [2.24, 2.45) is 0 Å². The van der Waals surface area contributed by atoms with Gasteiger partial charge >= 0.3 is 0 Å². The molecule has 2 rings (SSSR count). The Kier molecular flexibility index (Phi) is 5.56. The van der Waals surface area contributed by atoms with Crippen LogP contribution in [0.15, 0.2) is 24.4 Å². The van der Waals surface area contributed by atoms with E-state index in [1.54, 1.807) is 11.8 Å². The third-order valence-electron chi connectivity index (χ3n) is 3.51. The number of benzene rings is 1. The monoisotopic (exact) mass is 326 g/mol. The molecule has 1 aromatic heterocycles. The molecule has 0 radical (unpaired) electrons. The number of fused-ring (bicyclic) bond motifs is 1. The van der Waals surface area contributed by atoms with Crippen LogP contribution in [0.2, 0.25) is 5.02 Å². The summed E-state index contributed by atoms with van der Waals surface area (Å²) in [6.45, 7) is 1.96. The SMILES string of the molecule is CSC(CO)C(C)NC(=O)Cc1c[nH]c2cc(Cl)ccc12. The van der Waals surface area contributed by atoms with Crippen molar-refractivity contribution in [1.82, 2.24) is 10.3 Å². The number of nitrogens with one attached hydrogen (secondary N) is 2. The summed E-state index contributed by atoms with van der Waals surface area (Å²) in [6.07, 6.45) is 4.06. The highest BCUT2D eigenvalue weighted by Gasteiger charge is 2.18. The lowest BCUT2D eigenvalue weighted by Crippen LogP contribution is -2.41. The largest absolute Gasteiger partial charge is 0.395 e. The maximum atomic E-state index is 12.1. The zero-order chi connectivity index (χ0) is 15.4. The van der Waals surface area contributed by atoms with Gasteiger partial charge in [-0.2, -0.15) is 11.8 Å². The van der Waals surface area contributed by atoms with E-state index in [0.29, 0.717) is 11.4 Å². The molecule has 0 aliphatic heterocycles. The van der Waals surface area contributed by atoms with Crippen LogP contribution in [0, 0.1) is 0 Å². The molecule has 2 aromatic rings. The van der Waals surface area contributed by atoms with Gasteiger partial charge in [0.2, 0.25) is 5.91 Å². The predicted octanol–water partition coefficient (Wildman–Crippen LogP) is 2.59. The highest BCUT2D eigenvalue weighted by molar-refractivity contribution is 7.99. The zero-order valence-corrected chi connectivity index (χ0v) is 13.6. The van der Waals surface area contributed by atoms with E-state index in [9.17, 15) is 9.90 Å². The summed E-state index contributed by atoms with van der Waals surface area (Å²) >= 11 is 7.49. The molecule has 0 saturated heterocycles. The minimum Gasteiger partial charge on any atom is -0.395 e. The van der Waals surface area contributed by atoms with Crippen molar-refractivity contribution in [3.05, 3.63) is 35.0 Å². The molecule has 6 heteroatoms. The van der Waals surface area contributed by atoms with Gasteiger partial charge in [-0.15, -0.1) is 0 Å². The van der Waals surface area contributed by atoms with Crippen molar-refractivity contribution in [2.45, 2.75) is 24.6 Å². The normalized spacial score (nSPS) is 14.1. The van der Waals surface area contributed by atoms with Crippen molar-refractivity contribution >= 4 is 40.2 Å². The van der Waals surface area contributed by atoms with E-state index in [-0.39, 0.29) is 23.8 Å². The van der Waals surface area contributed by atoms with Crippen LogP contribution in [0.25, 0.3) is 10.9 Å². The molecule has 114 valence electrons. The standard InChI is InChI=1S/C15H19ClN2O2S/c1-9(14(8-19)21-2)18-15(20)5-10-7-17-13-6-11(16)3-4-12(10)13/h3-4,6-7,9,14,17,19H,5,8H2,1-2H3,(H,18,20). The molecular weight excluding hydrogens is 308 g/mol. The number of aliphatic hydroxyl groups is 1. The fraction of sp³-hybridized carbons (Fsp3) is 0.400. The van der Waals surface area contributed by atoms with E-state index in [1.165, 1.54) is 0 Å². The molecule has 0 aliphatic carbocycles. The van der Waals surface area contributed by atoms with E-state index in [4.69, 9.17) is 11.6 Å². The van der Waals surface area contributed by atoms with Crippen LogP contribution in [0.5, 0.6) is 0 Å². The molecule has 0 aliphatic rings. The fourth-order valence-corrected chi connectivity index (χ4v) is 3.11. The number of aromatic nitrogens is 1. The van der Waals surface area contributed by atoms with Gasteiger partial charge in [0.15, 0.2) is 0 Å². The second-order valence-corrected chi connectivity index (χ2v) is 6.51. The lowest BCUT2D eigenvalue weighted by Gasteiger charge is -2.21. The van der Waals surface area contributed by atoms with E-state index >= 15 is 0 Å². The Labute approximate surface area is 133 Å². The first-order valence-electron chi connectivity index (χ1n) is 6.73. The van der Waals surface area contributed by atoms with Gasteiger partial charge in [-0.3, -0.25) is 4.79 Å². The molecule has 21 heavy (non-hydrogen) atoms. The van der Waals surface area contributed by atoms with Gasteiger partial charge in [-0.05, 0) is 30.9 Å². The van der Waals surface area contributed by atoms with Crippen molar-refractivity contribution in [3.63, 3.8) is 0 Å².